The molecule has 38 heavy (non-hydrogen) atoms. The van der Waals surface area contributed by atoms with Crippen LogP contribution in [0, 0.1) is 0 Å². The monoisotopic (exact) mass is 585 g/mol. The van der Waals surface area contributed by atoms with Crippen molar-refractivity contribution in [2.75, 3.05) is 36.9 Å². The van der Waals surface area contributed by atoms with Gasteiger partial charge < -0.3 is 19.7 Å². The topological polar surface area (TPSA) is 105 Å². The molecule has 1 heterocycles. The van der Waals surface area contributed by atoms with Crippen LogP contribution in [0.15, 0.2) is 36.4 Å². The minimum absolute atomic E-state index is 0.0310. The zero-order valence-electron chi connectivity index (χ0n) is 21.7. The number of fused-ring (bicyclic) bond motifs is 1. The zero-order valence-corrected chi connectivity index (χ0v) is 24.0. The normalized spacial score (nSPS) is 13.5. The van der Waals surface area contributed by atoms with Crippen LogP contribution in [-0.4, -0.2) is 63.7 Å². The summed E-state index contributed by atoms with van der Waals surface area (Å²) in [5, 5.41) is 3.57. The molecule has 2 aromatic carbocycles. The molecule has 1 aliphatic heterocycles. The van der Waals surface area contributed by atoms with Gasteiger partial charge in [0.25, 0.3) is 0 Å². The Bertz CT molecular complexity index is 1260. The van der Waals surface area contributed by atoms with E-state index in [9.17, 15) is 18.0 Å². The maximum Gasteiger partial charge on any atom is 0.242 e. The lowest BCUT2D eigenvalue weighted by Crippen LogP contribution is -2.47. The average Bonchev–Trinajstić information content (AvgIpc) is 2.88. The summed E-state index contributed by atoms with van der Waals surface area (Å²) in [6.45, 7) is 5.13. The Balaban J connectivity index is 1.74. The number of carbonyl (C=O) groups is 2. The largest absolute Gasteiger partial charge is 0.486 e. The molecule has 0 aromatic heterocycles. The van der Waals surface area contributed by atoms with Crippen molar-refractivity contribution in [2.24, 2.45) is 0 Å². The molecule has 0 aliphatic carbocycles. The Morgan fingerprint density at radius 2 is 1.76 bits per heavy atom. The molecule has 0 radical (unpaired) electrons. The van der Waals surface area contributed by atoms with Crippen molar-refractivity contribution < 1.29 is 27.5 Å². The number of hydrogen-bond donors (Lipinski definition) is 1. The van der Waals surface area contributed by atoms with E-state index in [1.54, 1.807) is 43.3 Å². The van der Waals surface area contributed by atoms with Gasteiger partial charge in [0, 0.05) is 32.1 Å². The molecule has 12 heteroatoms. The Kier molecular flexibility index (Phi) is 10.5. The van der Waals surface area contributed by atoms with Crippen molar-refractivity contribution in [1.29, 1.82) is 0 Å². The van der Waals surface area contributed by atoms with Crippen molar-refractivity contribution in [1.82, 2.24) is 10.2 Å². The molecule has 0 saturated carbocycles. The van der Waals surface area contributed by atoms with Gasteiger partial charge in [0.05, 0.1) is 22.0 Å². The van der Waals surface area contributed by atoms with Gasteiger partial charge in [-0.3, -0.25) is 13.9 Å². The fourth-order valence-electron chi connectivity index (χ4n) is 4.00. The van der Waals surface area contributed by atoms with Gasteiger partial charge in [-0.1, -0.05) is 36.2 Å². The van der Waals surface area contributed by atoms with Crippen LogP contribution in [0.5, 0.6) is 11.5 Å². The minimum Gasteiger partial charge on any atom is -0.486 e. The van der Waals surface area contributed by atoms with Crippen molar-refractivity contribution in [2.45, 2.75) is 45.7 Å². The number of amides is 2. The Labute approximate surface area is 234 Å². The molecule has 208 valence electrons. The van der Waals surface area contributed by atoms with Crippen LogP contribution in [-0.2, 0) is 26.2 Å². The van der Waals surface area contributed by atoms with E-state index in [2.05, 4.69) is 5.32 Å². The van der Waals surface area contributed by atoms with Gasteiger partial charge in [0.15, 0.2) is 11.5 Å². The van der Waals surface area contributed by atoms with E-state index in [1.165, 1.54) is 9.21 Å². The number of hydrogen-bond acceptors (Lipinski definition) is 6. The van der Waals surface area contributed by atoms with Gasteiger partial charge in [-0.25, -0.2) is 8.42 Å². The lowest BCUT2D eigenvalue weighted by atomic mass is 10.1. The van der Waals surface area contributed by atoms with E-state index < -0.39 is 16.1 Å². The second kappa shape index (κ2) is 13.4. The van der Waals surface area contributed by atoms with Crippen molar-refractivity contribution in [3.8, 4) is 11.5 Å². The molecule has 0 saturated heterocycles. The highest BCUT2D eigenvalue weighted by Gasteiger charge is 2.27. The van der Waals surface area contributed by atoms with Crippen LogP contribution >= 0.6 is 23.2 Å². The first-order valence-corrected chi connectivity index (χ1v) is 15.0. The first kappa shape index (κ1) is 29.9. The molecular formula is C26H33Cl2N3O6S. The molecule has 1 N–H and O–H groups in total. The van der Waals surface area contributed by atoms with Crippen LogP contribution < -0.4 is 19.1 Å². The quantitative estimate of drug-likeness (QED) is 0.399. The summed E-state index contributed by atoms with van der Waals surface area (Å²) in [5.74, 6) is 0.468. The second-order valence-electron chi connectivity index (χ2n) is 9.00. The van der Waals surface area contributed by atoms with Crippen LogP contribution in [0.1, 0.15) is 38.7 Å². The number of anilines is 1. The molecule has 2 aromatic rings. The van der Waals surface area contributed by atoms with E-state index in [0.717, 1.165) is 18.2 Å². The number of rotatable bonds is 12. The summed E-state index contributed by atoms with van der Waals surface area (Å²) in [7, 11) is -3.64. The third kappa shape index (κ3) is 7.91. The second-order valence-corrected chi connectivity index (χ2v) is 11.7. The Hall–Kier alpha value is -2.69. The van der Waals surface area contributed by atoms with Crippen LogP contribution in [0.4, 0.5) is 5.69 Å². The van der Waals surface area contributed by atoms with Crippen molar-refractivity contribution in [3.05, 3.63) is 52.0 Å². The summed E-state index contributed by atoms with van der Waals surface area (Å²) < 4.78 is 37.5. The van der Waals surface area contributed by atoms with Crippen LogP contribution in [0.25, 0.3) is 0 Å². The summed E-state index contributed by atoms with van der Waals surface area (Å²) in [4.78, 5) is 27.5. The summed E-state index contributed by atoms with van der Waals surface area (Å²) in [5.41, 5.74) is 1.14. The molecule has 0 spiro atoms. The number of carbonyl (C=O) groups excluding carboxylic acids is 2. The molecule has 0 fully saturated rings. The molecule has 2 amide bonds. The van der Waals surface area contributed by atoms with Crippen molar-refractivity contribution >= 4 is 50.7 Å². The lowest BCUT2D eigenvalue weighted by Gasteiger charge is -2.29. The third-order valence-electron chi connectivity index (χ3n) is 6.02. The number of ether oxygens (including phenoxy) is 2. The smallest absolute Gasteiger partial charge is 0.242 e. The third-order valence-corrected chi connectivity index (χ3v) is 7.95. The predicted octanol–water partition coefficient (Wildman–Crippen LogP) is 4.25. The first-order chi connectivity index (χ1) is 18.0. The van der Waals surface area contributed by atoms with E-state index >= 15 is 0 Å². The highest BCUT2D eigenvalue weighted by molar-refractivity contribution is 7.92. The highest BCUT2D eigenvalue weighted by Crippen LogP contribution is 2.35. The van der Waals surface area contributed by atoms with Gasteiger partial charge in [-0.15, -0.1) is 0 Å². The number of benzene rings is 2. The van der Waals surface area contributed by atoms with E-state index in [0.29, 0.717) is 47.0 Å². The number of nitrogens with zero attached hydrogens (tertiary/aromatic N) is 2. The molecule has 0 unspecified atom stereocenters. The molecule has 0 bridgehead atoms. The predicted molar refractivity (Wildman–Crippen MR) is 149 cm³/mol. The maximum atomic E-state index is 13.4. The van der Waals surface area contributed by atoms with E-state index in [4.69, 9.17) is 32.7 Å². The lowest BCUT2D eigenvalue weighted by molar-refractivity contribution is -0.140. The molecule has 3 rings (SSSR count). The Morgan fingerprint density at radius 1 is 1.05 bits per heavy atom. The average molecular weight is 587 g/mol. The molecule has 1 aliphatic rings. The molecular weight excluding hydrogens is 553 g/mol. The van der Waals surface area contributed by atoms with Gasteiger partial charge >= 0.3 is 0 Å². The summed E-state index contributed by atoms with van der Waals surface area (Å²) in [6, 6.07) is 9.24. The van der Waals surface area contributed by atoms with Gasteiger partial charge in [-0.2, -0.15) is 0 Å². The van der Waals surface area contributed by atoms with Gasteiger partial charge in [0.2, 0.25) is 21.8 Å². The number of halogens is 2. The number of nitrogens with one attached hydrogen (secondary N) is 1. The van der Waals surface area contributed by atoms with Crippen molar-refractivity contribution in [3.63, 3.8) is 0 Å². The Morgan fingerprint density at radius 3 is 2.42 bits per heavy atom. The summed E-state index contributed by atoms with van der Waals surface area (Å²) >= 11 is 12.2. The zero-order chi connectivity index (χ0) is 27.9. The van der Waals surface area contributed by atoms with E-state index in [1.807, 2.05) is 6.92 Å². The standard InChI is InChI=1S/C26H33Cl2N3O6S/c1-4-11-29-26(33)18(2)30(17-19-7-9-21(27)22(28)15-19)25(32)6-5-12-31(38(3,34)35)20-8-10-23-24(16-20)37-14-13-36-23/h7-10,15-16,18H,4-6,11-14,17H2,1-3H3,(H,29,33)/t18-/m1/s1. The van der Waals surface area contributed by atoms with Gasteiger partial charge in [-0.05, 0) is 49.6 Å². The molecule has 9 nitrogen and oxygen atoms in total. The molecule has 1 atom stereocenters. The number of sulfonamides is 1. The highest BCUT2D eigenvalue weighted by atomic mass is 35.5. The van der Waals surface area contributed by atoms with Crippen LogP contribution in [0.2, 0.25) is 10.0 Å². The minimum atomic E-state index is -3.64. The first-order valence-electron chi connectivity index (χ1n) is 12.4. The maximum absolute atomic E-state index is 13.4. The van der Waals surface area contributed by atoms with Crippen LogP contribution in [0.3, 0.4) is 0 Å². The van der Waals surface area contributed by atoms with Gasteiger partial charge in [0.1, 0.15) is 19.3 Å². The SMILES string of the molecule is CCCNC(=O)[C@@H](C)N(Cc1ccc(Cl)c(Cl)c1)C(=O)CCCN(c1ccc2c(c1)OCCO2)S(C)(=O)=O. The fourth-order valence-corrected chi connectivity index (χ4v) is 5.28. The summed E-state index contributed by atoms with van der Waals surface area (Å²) in [6.07, 6.45) is 2.15. The van der Waals surface area contributed by atoms with E-state index in [-0.39, 0.29) is 37.7 Å². The fraction of sp³-hybridized carbons (Fsp3) is 0.462.